The van der Waals surface area contributed by atoms with Crippen molar-refractivity contribution in [2.45, 2.75) is 70.5 Å². The van der Waals surface area contributed by atoms with E-state index in [1.165, 1.54) is 11.0 Å². The largest absolute Gasteiger partial charge is 0.461 e. The van der Waals surface area contributed by atoms with E-state index in [1.54, 1.807) is 15.7 Å². The number of aliphatic hydroxyl groups excluding tert-OH is 1. The summed E-state index contributed by atoms with van der Waals surface area (Å²) in [6, 6.07) is 5.74. The van der Waals surface area contributed by atoms with Crippen LogP contribution in [-0.2, 0) is 30.5 Å². The summed E-state index contributed by atoms with van der Waals surface area (Å²) < 4.78 is 13.9. The van der Waals surface area contributed by atoms with Gasteiger partial charge >= 0.3 is 5.97 Å². The predicted molar refractivity (Wildman–Crippen MR) is 155 cm³/mol. The van der Waals surface area contributed by atoms with Crippen molar-refractivity contribution in [1.82, 2.24) is 24.8 Å². The first-order valence-corrected chi connectivity index (χ1v) is 14.7. The van der Waals surface area contributed by atoms with Gasteiger partial charge in [-0.15, -0.1) is 11.7 Å². The molecule has 4 heterocycles. The second kappa shape index (κ2) is 11.3. The Morgan fingerprint density at radius 3 is 2.71 bits per heavy atom. The summed E-state index contributed by atoms with van der Waals surface area (Å²) in [4.78, 5) is 45.9. The molecule has 3 fully saturated rings. The molecule has 3 aliphatic rings. The number of nitrogens with zero attached hydrogens (tertiary/aromatic N) is 5. The maximum atomic E-state index is 14.8. The number of likely N-dealkylation sites (tertiary alicyclic amines) is 1. The molecule has 1 N–H and O–H groups in total. The predicted octanol–water partition coefficient (Wildman–Crippen LogP) is 2.55. The molecule has 2 amide bonds. The van der Waals surface area contributed by atoms with Gasteiger partial charge in [0.15, 0.2) is 0 Å². The van der Waals surface area contributed by atoms with Crippen LogP contribution in [0.4, 0.5) is 0 Å². The summed E-state index contributed by atoms with van der Waals surface area (Å²) in [5, 5.41) is 19.1. The lowest BCUT2D eigenvalue weighted by atomic mass is 9.62. The van der Waals surface area contributed by atoms with Gasteiger partial charge in [-0.25, -0.2) is 4.68 Å². The third-order valence-corrected chi connectivity index (χ3v) is 9.82. The fourth-order valence-electron chi connectivity index (χ4n) is 7.45. The molecule has 42 heavy (non-hydrogen) atoms. The number of aliphatic hydroxyl groups is 1. The first-order valence-electron chi connectivity index (χ1n) is 14.7. The Kier molecular flexibility index (Phi) is 8.02. The molecule has 2 bridgehead atoms. The van der Waals surface area contributed by atoms with Crippen LogP contribution in [0.25, 0.3) is 11.0 Å². The van der Waals surface area contributed by atoms with Crippen LogP contribution in [-0.4, -0.2) is 90.7 Å². The van der Waals surface area contributed by atoms with Gasteiger partial charge in [-0.1, -0.05) is 63.3 Å². The highest BCUT2D eigenvalue weighted by molar-refractivity contribution is 5.99. The number of ether oxygens (including phenoxy) is 2. The quantitative estimate of drug-likeness (QED) is 0.300. The molecule has 1 aromatic heterocycles. The molecular weight excluding hydrogens is 538 g/mol. The zero-order valence-electron chi connectivity index (χ0n) is 24.8. The number of hydrogen-bond acceptors (Lipinski definition) is 8. The summed E-state index contributed by atoms with van der Waals surface area (Å²) in [5.74, 6) is -3.36. The Morgan fingerprint density at radius 1 is 1.31 bits per heavy atom. The number of hydrogen-bond donors (Lipinski definition) is 1. The molecular formula is C31H41N5O6. The van der Waals surface area contributed by atoms with Crippen molar-refractivity contribution >= 4 is 28.8 Å². The number of fused-ring (bicyclic) bond motifs is 2. The van der Waals surface area contributed by atoms with Crippen molar-refractivity contribution in [1.29, 1.82) is 0 Å². The molecule has 0 aliphatic carbocycles. The van der Waals surface area contributed by atoms with Gasteiger partial charge < -0.3 is 24.4 Å². The molecule has 2 aromatic rings. The SMILES string of the molecule is C=CCOC(=O)[C@H]1[C@H]2C(=O)N([C@@H](CO)[C@@H](C)CC)C(C(=O)N(CC=C)Cn3nnc4ccccc43)C23CC(C)[C@]1(C)O3. The van der Waals surface area contributed by atoms with Crippen molar-refractivity contribution in [2.75, 3.05) is 19.8 Å². The van der Waals surface area contributed by atoms with Crippen LogP contribution in [0.5, 0.6) is 0 Å². The summed E-state index contributed by atoms with van der Waals surface area (Å²) >= 11 is 0. The number of para-hydroxylation sites is 1. The number of carbonyl (C=O) groups is 3. The van der Waals surface area contributed by atoms with Crippen molar-refractivity contribution in [3.8, 4) is 0 Å². The van der Waals surface area contributed by atoms with Gasteiger partial charge in [-0.05, 0) is 37.3 Å². The van der Waals surface area contributed by atoms with Crippen LogP contribution in [0.2, 0.25) is 0 Å². The number of aromatic nitrogens is 3. The molecule has 1 spiro atoms. The standard InChI is InChI=1S/C31H41N5O6/c1-7-14-34(18-35-22-13-11-10-12-21(22)32-33-35)28(39)26-31-16-20(5)30(6,42-31)25(29(40)41-15-8-2)24(31)27(38)36(26)23(17-37)19(4)9-3/h7-8,10-13,19-20,23-26,37H,1-2,9,14-18H2,3-6H3/t19-,20?,23-,24-,25+,26?,30-,31?/m0/s1. The molecule has 5 rings (SSSR count). The third-order valence-electron chi connectivity index (χ3n) is 9.82. The summed E-state index contributed by atoms with van der Waals surface area (Å²) in [7, 11) is 0. The van der Waals surface area contributed by atoms with E-state index in [9.17, 15) is 19.5 Å². The molecule has 8 atom stereocenters. The third kappa shape index (κ3) is 4.36. The van der Waals surface area contributed by atoms with Crippen LogP contribution in [0.15, 0.2) is 49.6 Å². The van der Waals surface area contributed by atoms with E-state index in [0.29, 0.717) is 18.4 Å². The monoisotopic (exact) mass is 579 g/mol. The second-order valence-corrected chi connectivity index (χ2v) is 12.1. The molecule has 0 saturated carbocycles. The van der Waals surface area contributed by atoms with Crippen molar-refractivity contribution in [2.24, 2.45) is 23.7 Å². The summed E-state index contributed by atoms with van der Waals surface area (Å²) in [6.07, 6.45) is 4.19. The lowest BCUT2D eigenvalue weighted by Crippen LogP contribution is -2.60. The Hall–Kier alpha value is -3.57. The molecule has 3 unspecified atom stereocenters. The zero-order chi connectivity index (χ0) is 30.4. The Bertz CT molecular complexity index is 1390. The zero-order valence-corrected chi connectivity index (χ0v) is 24.8. The fraction of sp³-hybridized carbons (Fsp3) is 0.581. The van der Waals surface area contributed by atoms with Crippen LogP contribution < -0.4 is 0 Å². The van der Waals surface area contributed by atoms with Gasteiger partial charge in [-0.3, -0.25) is 14.4 Å². The smallest absolute Gasteiger partial charge is 0.313 e. The molecule has 3 aliphatic heterocycles. The Morgan fingerprint density at radius 2 is 2.05 bits per heavy atom. The van der Waals surface area contributed by atoms with E-state index < -0.39 is 41.1 Å². The number of carbonyl (C=O) groups excluding carboxylic acids is 3. The van der Waals surface area contributed by atoms with Gasteiger partial charge in [0.05, 0.1) is 29.7 Å². The van der Waals surface area contributed by atoms with E-state index in [2.05, 4.69) is 23.5 Å². The van der Waals surface area contributed by atoms with Crippen molar-refractivity contribution < 1.29 is 29.0 Å². The normalized spacial score (nSPS) is 31.2. The molecule has 0 radical (unpaired) electrons. The maximum absolute atomic E-state index is 14.8. The van der Waals surface area contributed by atoms with Gasteiger partial charge in [-0.2, -0.15) is 0 Å². The van der Waals surface area contributed by atoms with E-state index in [1.807, 2.05) is 52.0 Å². The molecule has 3 saturated heterocycles. The minimum absolute atomic E-state index is 0.00485. The summed E-state index contributed by atoms with van der Waals surface area (Å²) in [6.45, 7) is 15.2. The highest BCUT2D eigenvalue weighted by Gasteiger charge is 2.81. The molecule has 1 aromatic carbocycles. The molecule has 11 heteroatoms. The van der Waals surface area contributed by atoms with Crippen molar-refractivity contribution in [3.05, 3.63) is 49.6 Å². The average molecular weight is 580 g/mol. The van der Waals surface area contributed by atoms with E-state index in [0.717, 1.165) is 5.52 Å². The molecule has 226 valence electrons. The topological polar surface area (TPSA) is 127 Å². The van der Waals surface area contributed by atoms with Gasteiger partial charge in [0.25, 0.3) is 0 Å². The number of esters is 1. The lowest BCUT2D eigenvalue weighted by Gasteiger charge is -2.41. The van der Waals surface area contributed by atoms with E-state index >= 15 is 0 Å². The number of benzene rings is 1. The minimum Gasteiger partial charge on any atom is -0.461 e. The van der Waals surface area contributed by atoms with E-state index in [-0.39, 0.29) is 50.1 Å². The van der Waals surface area contributed by atoms with Gasteiger partial charge in [0.2, 0.25) is 11.8 Å². The molecule has 11 nitrogen and oxygen atoms in total. The van der Waals surface area contributed by atoms with Crippen LogP contribution in [0.3, 0.4) is 0 Å². The lowest BCUT2D eigenvalue weighted by molar-refractivity contribution is -0.164. The van der Waals surface area contributed by atoms with Crippen LogP contribution in [0.1, 0.15) is 40.5 Å². The van der Waals surface area contributed by atoms with Gasteiger partial charge in [0.1, 0.15) is 36.4 Å². The Labute approximate surface area is 246 Å². The maximum Gasteiger partial charge on any atom is 0.313 e. The second-order valence-electron chi connectivity index (χ2n) is 12.1. The highest BCUT2D eigenvalue weighted by atomic mass is 16.6. The Balaban J connectivity index is 1.61. The highest BCUT2D eigenvalue weighted by Crippen LogP contribution is 2.65. The van der Waals surface area contributed by atoms with E-state index in [4.69, 9.17) is 9.47 Å². The number of amides is 2. The van der Waals surface area contributed by atoms with Crippen molar-refractivity contribution in [3.63, 3.8) is 0 Å². The number of rotatable bonds is 12. The van der Waals surface area contributed by atoms with Crippen LogP contribution >= 0.6 is 0 Å². The summed E-state index contributed by atoms with van der Waals surface area (Å²) in [5.41, 5.74) is -0.825. The first-order chi connectivity index (χ1) is 20.1. The first kappa shape index (κ1) is 29.9. The fourth-order valence-corrected chi connectivity index (χ4v) is 7.45. The van der Waals surface area contributed by atoms with Crippen LogP contribution in [0, 0.1) is 23.7 Å². The minimum atomic E-state index is -1.27. The average Bonchev–Trinajstić information content (AvgIpc) is 3.65. The van der Waals surface area contributed by atoms with Gasteiger partial charge in [0, 0.05) is 6.54 Å².